The number of nitrogens with one attached hydrogen (secondary N) is 1. The molecule has 1 aromatic carbocycles. The van der Waals surface area contributed by atoms with Gasteiger partial charge in [0.25, 0.3) is 0 Å². The molecule has 1 aliphatic rings. The molecule has 1 aromatic rings. The van der Waals surface area contributed by atoms with E-state index in [9.17, 15) is 13.2 Å². The lowest BCUT2D eigenvalue weighted by molar-refractivity contribution is -0.274. The summed E-state index contributed by atoms with van der Waals surface area (Å²) in [5, 5.41) is 0.236. The van der Waals surface area contributed by atoms with Crippen molar-refractivity contribution in [2.45, 2.75) is 17.7 Å². The normalized spacial score (nSPS) is 21.5. The van der Waals surface area contributed by atoms with Crippen molar-refractivity contribution in [1.29, 1.82) is 0 Å². The van der Waals surface area contributed by atoms with Crippen LogP contribution in [0.2, 0.25) is 0 Å². The highest BCUT2D eigenvalue weighted by atomic mass is 32.2. The van der Waals surface area contributed by atoms with E-state index < -0.39 is 6.36 Å². The summed E-state index contributed by atoms with van der Waals surface area (Å²) in [5.74, 6) is 8.39. The molecule has 0 saturated carbocycles. The van der Waals surface area contributed by atoms with E-state index in [0.29, 0.717) is 5.56 Å². The fourth-order valence-corrected chi connectivity index (χ4v) is 4.87. The Morgan fingerprint density at radius 3 is 2.75 bits per heavy atom. The van der Waals surface area contributed by atoms with Gasteiger partial charge in [0.1, 0.15) is 5.75 Å². The number of benzene rings is 1. The van der Waals surface area contributed by atoms with Crippen LogP contribution in [0.25, 0.3) is 0 Å². The molecule has 1 heterocycles. The first-order valence-electron chi connectivity index (χ1n) is 6.01. The molecule has 3 nitrogen and oxygen atoms in total. The highest BCUT2D eigenvalue weighted by Gasteiger charge is 2.32. The van der Waals surface area contributed by atoms with Gasteiger partial charge in [-0.25, -0.2) is 0 Å². The molecule has 2 unspecified atom stereocenters. The van der Waals surface area contributed by atoms with Gasteiger partial charge in [0, 0.05) is 22.5 Å². The van der Waals surface area contributed by atoms with Gasteiger partial charge in [-0.15, -0.1) is 13.2 Å². The average Bonchev–Trinajstić information content (AvgIpc) is 2.39. The average molecular weight is 324 g/mol. The Hall–Kier alpha value is -0.570. The SMILES string of the molecule is NNC(c1cccc(OC(F)(F)F)c1)C1CSCCS1. The summed E-state index contributed by atoms with van der Waals surface area (Å²) in [7, 11) is 0. The maximum absolute atomic E-state index is 12.2. The molecule has 0 radical (unpaired) electrons. The van der Waals surface area contributed by atoms with Crippen molar-refractivity contribution in [3.63, 3.8) is 0 Å². The van der Waals surface area contributed by atoms with Gasteiger partial charge in [-0.3, -0.25) is 11.3 Å². The van der Waals surface area contributed by atoms with Crippen molar-refractivity contribution in [1.82, 2.24) is 5.43 Å². The maximum Gasteiger partial charge on any atom is 0.573 e. The third-order valence-electron chi connectivity index (χ3n) is 2.84. The summed E-state index contributed by atoms with van der Waals surface area (Å²) < 4.78 is 40.7. The smallest absolute Gasteiger partial charge is 0.406 e. The van der Waals surface area contributed by atoms with Crippen LogP contribution in [0.15, 0.2) is 24.3 Å². The van der Waals surface area contributed by atoms with E-state index in [-0.39, 0.29) is 17.0 Å². The molecule has 20 heavy (non-hydrogen) atoms. The molecule has 0 bridgehead atoms. The van der Waals surface area contributed by atoms with E-state index in [1.807, 2.05) is 11.8 Å². The Balaban J connectivity index is 2.14. The third kappa shape index (κ3) is 4.47. The summed E-state index contributed by atoms with van der Waals surface area (Å²) >= 11 is 3.61. The predicted molar refractivity (Wildman–Crippen MR) is 76.8 cm³/mol. The minimum atomic E-state index is -4.68. The van der Waals surface area contributed by atoms with Crippen molar-refractivity contribution >= 4 is 23.5 Å². The van der Waals surface area contributed by atoms with Gasteiger partial charge in [-0.1, -0.05) is 12.1 Å². The van der Waals surface area contributed by atoms with Crippen LogP contribution in [0, 0.1) is 0 Å². The van der Waals surface area contributed by atoms with Crippen molar-refractivity contribution in [2.24, 2.45) is 5.84 Å². The largest absolute Gasteiger partial charge is 0.573 e. The molecule has 112 valence electrons. The van der Waals surface area contributed by atoms with Gasteiger partial charge >= 0.3 is 6.36 Å². The van der Waals surface area contributed by atoms with Gasteiger partial charge in [-0.05, 0) is 17.7 Å². The van der Waals surface area contributed by atoms with E-state index in [1.54, 1.807) is 23.9 Å². The van der Waals surface area contributed by atoms with E-state index in [2.05, 4.69) is 10.2 Å². The molecular formula is C12H15F3N2OS2. The molecular weight excluding hydrogens is 309 g/mol. The van der Waals surface area contributed by atoms with Gasteiger partial charge in [-0.2, -0.15) is 23.5 Å². The first kappa shape index (κ1) is 15.8. The number of nitrogens with two attached hydrogens (primary N) is 1. The first-order chi connectivity index (χ1) is 9.49. The summed E-state index contributed by atoms with van der Waals surface area (Å²) in [6.07, 6.45) is -4.68. The lowest BCUT2D eigenvalue weighted by Gasteiger charge is -2.29. The Morgan fingerprint density at radius 2 is 2.15 bits per heavy atom. The maximum atomic E-state index is 12.2. The van der Waals surface area contributed by atoms with Crippen molar-refractivity contribution in [3.05, 3.63) is 29.8 Å². The molecule has 0 spiro atoms. The fraction of sp³-hybridized carbons (Fsp3) is 0.500. The van der Waals surface area contributed by atoms with Crippen molar-refractivity contribution in [3.8, 4) is 5.75 Å². The monoisotopic (exact) mass is 324 g/mol. The van der Waals surface area contributed by atoms with E-state index >= 15 is 0 Å². The van der Waals surface area contributed by atoms with Gasteiger partial charge in [0.05, 0.1) is 6.04 Å². The minimum absolute atomic E-state index is 0.190. The Labute approximate surface area is 123 Å². The highest BCUT2D eigenvalue weighted by molar-refractivity contribution is 8.06. The van der Waals surface area contributed by atoms with Gasteiger partial charge in [0.2, 0.25) is 0 Å². The zero-order valence-corrected chi connectivity index (χ0v) is 12.2. The number of hydrazine groups is 1. The van der Waals surface area contributed by atoms with Crippen LogP contribution in [0.5, 0.6) is 5.75 Å². The van der Waals surface area contributed by atoms with Crippen LogP contribution in [0.1, 0.15) is 11.6 Å². The molecule has 8 heteroatoms. The summed E-state index contributed by atoms with van der Waals surface area (Å²) in [6, 6.07) is 5.78. The van der Waals surface area contributed by atoms with Crippen molar-refractivity contribution in [2.75, 3.05) is 17.3 Å². The van der Waals surface area contributed by atoms with Crippen LogP contribution in [-0.2, 0) is 0 Å². The number of thioether (sulfide) groups is 2. The van der Waals surface area contributed by atoms with E-state index in [0.717, 1.165) is 17.3 Å². The Kier molecular flexibility index (Phi) is 5.48. The summed E-state index contributed by atoms with van der Waals surface area (Å²) in [4.78, 5) is 0. The van der Waals surface area contributed by atoms with Crippen LogP contribution in [-0.4, -0.2) is 28.9 Å². The summed E-state index contributed by atoms with van der Waals surface area (Å²) in [5.41, 5.74) is 3.41. The second kappa shape index (κ2) is 6.93. The molecule has 0 aromatic heterocycles. The van der Waals surface area contributed by atoms with Gasteiger partial charge in [0.15, 0.2) is 0 Å². The van der Waals surface area contributed by atoms with Crippen molar-refractivity contribution < 1.29 is 17.9 Å². The molecule has 2 rings (SSSR count). The zero-order chi connectivity index (χ0) is 14.6. The summed E-state index contributed by atoms with van der Waals surface area (Å²) in [6.45, 7) is 0. The topological polar surface area (TPSA) is 47.3 Å². The molecule has 0 amide bonds. The number of hydrogen-bond acceptors (Lipinski definition) is 5. The molecule has 1 aliphatic heterocycles. The number of alkyl halides is 3. The zero-order valence-electron chi connectivity index (χ0n) is 10.5. The molecule has 2 atom stereocenters. The number of ether oxygens (including phenoxy) is 1. The van der Waals surface area contributed by atoms with Crippen LogP contribution in [0.3, 0.4) is 0 Å². The second-order valence-corrected chi connectivity index (χ2v) is 6.75. The van der Waals surface area contributed by atoms with E-state index in [1.165, 1.54) is 12.1 Å². The predicted octanol–water partition coefficient (Wildman–Crippen LogP) is 2.94. The highest BCUT2D eigenvalue weighted by Crippen LogP contribution is 2.34. The molecule has 3 N–H and O–H groups in total. The lowest BCUT2D eigenvalue weighted by atomic mass is 10.0. The van der Waals surface area contributed by atoms with Crippen LogP contribution >= 0.6 is 23.5 Å². The second-order valence-electron chi connectivity index (χ2n) is 4.25. The third-order valence-corrected chi connectivity index (χ3v) is 5.71. The quantitative estimate of drug-likeness (QED) is 0.659. The van der Waals surface area contributed by atoms with Crippen LogP contribution in [0.4, 0.5) is 13.2 Å². The minimum Gasteiger partial charge on any atom is -0.406 e. The molecule has 1 fully saturated rings. The van der Waals surface area contributed by atoms with Gasteiger partial charge < -0.3 is 4.74 Å². The van der Waals surface area contributed by atoms with E-state index in [4.69, 9.17) is 5.84 Å². The molecule has 0 aliphatic carbocycles. The Bertz CT molecular complexity index is 439. The fourth-order valence-electron chi connectivity index (χ4n) is 2.02. The molecule has 1 saturated heterocycles. The number of hydrogen-bond donors (Lipinski definition) is 2. The standard InChI is InChI=1S/C12H15F3N2OS2/c13-12(14,15)18-9-3-1-2-8(6-9)11(17-16)10-7-19-4-5-20-10/h1-3,6,10-11,17H,4-5,7,16H2. The number of rotatable bonds is 4. The first-order valence-corrected chi connectivity index (χ1v) is 8.21. The Morgan fingerprint density at radius 1 is 1.35 bits per heavy atom. The van der Waals surface area contributed by atoms with Crippen LogP contribution < -0.4 is 16.0 Å². The number of halogens is 3. The lowest BCUT2D eigenvalue weighted by Crippen LogP contribution is -2.37.